The van der Waals surface area contributed by atoms with Crippen LogP contribution in [-0.4, -0.2) is 4.57 Å². The Morgan fingerprint density at radius 2 is 0.938 bits per heavy atom. The number of hydrogen-bond acceptors (Lipinski definition) is 1. The van der Waals surface area contributed by atoms with Crippen LogP contribution in [0.3, 0.4) is 0 Å². The first kappa shape index (κ1) is 36.1. The van der Waals surface area contributed by atoms with Crippen molar-refractivity contribution >= 4 is 60.4 Å². The lowest BCUT2D eigenvalue weighted by atomic mass is 9.65. The van der Waals surface area contributed by atoms with Gasteiger partial charge in [0.1, 0.15) is 0 Å². The Kier molecular flexibility index (Phi) is 7.64. The quantitative estimate of drug-likeness (QED) is 0.157. The summed E-state index contributed by atoms with van der Waals surface area (Å²) in [5.41, 5.74) is 19.0. The third kappa shape index (κ3) is 4.94. The second-order valence-electron chi connectivity index (χ2n) is 17.5. The van der Waals surface area contributed by atoms with Gasteiger partial charge in [-0.1, -0.05) is 206 Å². The third-order valence-corrected chi connectivity index (χ3v) is 14.4. The van der Waals surface area contributed by atoms with E-state index in [0.29, 0.717) is 0 Å². The smallest absolute Gasteiger partial charge is 0.0755 e. The van der Waals surface area contributed by atoms with Crippen LogP contribution >= 0.6 is 0 Å². The van der Waals surface area contributed by atoms with Crippen LogP contribution < -0.4 is 4.90 Å². The molecule has 1 unspecified atom stereocenters. The highest BCUT2D eigenvalue weighted by atomic mass is 15.1. The van der Waals surface area contributed by atoms with Gasteiger partial charge in [0.05, 0.1) is 33.5 Å². The minimum atomic E-state index is -0.574. The summed E-state index contributed by atoms with van der Waals surface area (Å²) in [5, 5.41) is 7.53. The Bertz CT molecular complexity index is 3910. The van der Waals surface area contributed by atoms with E-state index in [9.17, 15) is 0 Å². The van der Waals surface area contributed by atoms with E-state index in [-0.39, 0.29) is 0 Å². The average Bonchev–Trinajstić information content (AvgIpc) is 3.88. The van der Waals surface area contributed by atoms with E-state index in [2.05, 4.69) is 252 Å². The minimum absolute atomic E-state index is 0.574. The lowest BCUT2D eigenvalue weighted by molar-refractivity contribution is 0.748. The van der Waals surface area contributed by atoms with Crippen molar-refractivity contribution in [3.63, 3.8) is 0 Å². The zero-order valence-corrected chi connectivity index (χ0v) is 35.5. The van der Waals surface area contributed by atoms with Crippen molar-refractivity contribution in [1.29, 1.82) is 0 Å². The molecule has 0 amide bonds. The van der Waals surface area contributed by atoms with Crippen molar-refractivity contribution in [3.8, 4) is 39.1 Å². The highest BCUT2D eigenvalue weighted by Gasteiger charge is 2.51. The molecule has 1 spiro atoms. The van der Waals surface area contributed by atoms with Gasteiger partial charge < -0.3 is 9.47 Å². The highest BCUT2D eigenvalue weighted by molar-refractivity contribution is 6.14. The Morgan fingerprint density at radius 3 is 1.83 bits per heavy atom. The predicted octanol–water partition coefficient (Wildman–Crippen LogP) is 16.6. The van der Waals surface area contributed by atoms with Crippen molar-refractivity contribution in [2.45, 2.75) is 5.41 Å². The van der Waals surface area contributed by atoms with Crippen molar-refractivity contribution in [3.05, 3.63) is 265 Å². The number of rotatable bonds is 5. The van der Waals surface area contributed by atoms with Gasteiger partial charge in [0.15, 0.2) is 0 Å². The monoisotopic (exact) mass is 824 g/mol. The van der Waals surface area contributed by atoms with Crippen molar-refractivity contribution in [2.24, 2.45) is 0 Å². The van der Waals surface area contributed by atoms with E-state index < -0.39 is 5.41 Å². The van der Waals surface area contributed by atoms with Crippen molar-refractivity contribution in [2.75, 3.05) is 4.90 Å². The summed E-state index contributed by atoms with van der Waals surface area (Å²) in [6.07, 6.45) is 0. The fourth-order valence-electron chi connectivity index (χ4n) is 11.8. The lowest BCUT2D eigenvalue weighted by Gasteiger charge is -2.39. The Hall–Kier alpha value is -8.46. The summed E-state index contributed by atoms with van der Waals surface area (Å²) < 4.78 is 2.52. The van der Waals surface area contributed by atoms with Gasteiger partial charge in [-0.2, -0.15) is 0 Å². The molecule has 65 heavy (non-hydrogen) atoms. The van der Waals surface area contributed by atoms with E-state index in [1.807, 2.05) is 0 Å². The van der Waals surface area contributed by atoms with Gasteiger partial charge in [-0.25, -0.2) is 0 Å². The molecule has 1 atom stereocenters. The Morgan fingerprint density at radius 1 is 0.338 bits per heavy atom. The summed E-state index contributed by atoms with van der Waals surface area (Å²) in [4.78, 5) is 2.55. The van der Waals surface area contributed by atoms with E-state index in [0.717, 1.165) is 17.1 Å². The molecular formula is C63H40N2. The van der Waals surface area contributed by atoms with E-state index >= 15 is 0 Å². The van der Waals surface area contributed by atoms with Crippen LogP contribution in [0.25, 0.3) is 82.4 Å². The van der Waals surface area contributed by atoms with Gasteiger partial charge in [-0.05, 0) is 102 Å². The molecule has 11 aromatic carbocycles. The largest absolute Gasteiger partial charge is 0.309 e. The van der Waals surface area contributed by atoms with Gasteiger partial charge in [0.2, 0.25) is 0 Å². The third-order valence-electron chi connectivity index (χ3n) is 14.4. The Balaban J connectivity index is 1.10. The minimum Gasteiger partial charge on any atom is -0.309 e. The summed E-state index contributed by atoms with van der Waals surface area (Å²) in [5.74, 6) is 0. The molecule has 0 radical (unpaired) electrons. The first-order valence-corrected chi connectivity index (χ1v) is 22.6. The molecule has 12 aromatic rings. The van der Waals surface area contributed by atoms with Gasteiger partial charge in [0.25, 0.3) is 0 Å². The molecule has 2 aliphatic rings. The SMILES string of the molecule is c1ccc(-c2ccccc2-c2ccccc2N(c2ccc3c(ccc4ccccc43)c2)c2cccc3c2-c2ccccc2C32c3ccccc3-n3c4ccccc4c4cccc2c43)cc1. The fraction of sp³-hybridized carbons (Fsp3) is 0.0159. The van der Waals surface area contributed by atoms with Crippen molar-refractivity contribution in [1.82, 2.24) is 4.57 Å². The van der Waals surface area contributed by atoms with Crippen LogP contribution in [0.4, 0.5) is 17.1 Å². The van der Waals surface area contributed by atoms with Crippen LogP contribution in [-0.2, 0) is 5.41 Å². The average molecular weight is 825 g/mol. The van der Waals surface area contributed by atoms with Crippen molar-refractivity contribution < 1.29 is 0 Å². The fourth-order valence-corrected chi connectivity index (χ4v) is 11.8. The van der Waals surface area contributed by atoms with Crippen LogP contribution in [0.1, 0.15) is 22.3 Å². The molecule has 0 fully saturated rings. The zero-order valence-electron chi connectivity index (χ0n) is 35.5. The normalized spacial score (nSPS) is 14.5. The molecule has 0 N–H and O–H groups in total. The topological polar surface area (TPSA) is 8.17 Å². The van der Waals surface area contributed by atoms with Crippen LogP contribution in [0.15, 0.2) is 243 Å². The molecule has 14 rings (SSSR count). The van der Waals surface area contributed by atoms with Gasteiger partial charge in [-0.3, -0.25) is 0 Å². The number of aromatic nitrogens is 1. The van der Waals surface area contributed by atoms with Crippen LogP contribution in [0, 0.1) is 0 Å². The summed E-state index contributed by atoms with van der Waals surface area (Å²) in [6.45, 7) is 0. The molecule has 1 aliphatic heterocycles. The Labute approximate surface area is 377 Å². The molecule has 0 saturated heterocycles. The summed E-state index contributed by atoms with van der Waals surface area (Å²) in [6, 6.07) is 90.3. The second-order valence-corrected chi connectivity index (χ2v) is 17.5. The maximum absolute atomic E-state index is 2.55. The van der Waals surface area contributed by atoms with Gasteiger partial charge >= 0.3 is 0 Å². The second kappa shape index (κ2) is 13.8. The number of benzene rings is 11. The number of para-hydroxylation sites is 4. The zero-order chi connectivity index (χ0) is 42.6. The molecule has 1 aliphatic carbocycles. The maximum Gasteiger partial charge on any atom is 0.0755 e. The molecular weight excluding hydrogens is 785 g/mol. The summed E-state index contributed by atoms with van der Waals surface area (Å²) >= 11 is 0. The van der Waals surface area contributed by atoms with E-state index in [1.54, 1.807) is 0 Å². The van der Waals surface area contributed by atoms with Gasteiger partial charge in [0, 0.05) is 27.6 Å². The standard InChI is InChI=1S/C63H40N2/c1-2-18-41(19-3-1)46-22-6-7-23-48(46)49-24-9-13-32-57(49)64(44-38-39-47-43(40-44)37-36-42-20-4-5-21-45(42)47)60-35-17-30-55-61(60)52-26-8-11-28-53(52)63(55)54-29-12-15-34-59(54)65-58-33-14-10-25-50(58)51-27-16-31-56(63)62(51)65/h1-40H. The summed E-state index contributed by atoms with van der Waals surface area (Å²) in [7, 11) is 0. The van der Waals surface area contributed by atoms with Crippen LogP contribution in [0.2, 0.25) is 0 Å². The number of anilines is 3. The highest BCUT2D eigenvalue weighted by Crippen LogP contribution is 2.63. The number of hydrogen-bond donors (Lipinski definition) is 0. The molecule has 302 valence electrons. The predicted molar refractivity (Wildman–Crippen MR) is 272 cm³/mol. The molecule has 2 heteroatoms. The molecule has 0 saturated carbocycles. The maximum atomic E-state index is 2.55. The first-order valence-electron chi connectivity index (χ1n) is 22.6. The number of nitrogens with zero attached hydrogens (tertiary/aromatic N) is 2. The molecule has 2 heterocycles. The number of fused-ring (bicyclic) bond motifs is 15. The molecule has 2 nitrogen and oxygen atoms in total. The van der Waals surface area contributed by atoms with Gasteiger partial charge in [-0.15, -0.1) is 0 Å². The van der Waals surface area contributed by atoms with Crippen LogP contribution in [0.5, 0.6) is 0 Å². The molecule has 1 aromatic heterocycles. The molecule has 0 bridgehead atoms. The first-order chi connectivity index (χ1) is 32.3. The van der Waals surface area contributed by atoms with E-state index in [1.165, 1.54) is 105 Å². The van der Waals surface area contributed by atoms with E-state index in [4.69, 9.17) is 0 Å². The lowest BCUT2D eigenvalue weighted by Crippen LogP contribution is -2.33.